The van der Waals surface area contributed by atoms with Gasteiger partial charge in [0, 0.05) is 23.9 Å². The van der Waals surface area contributed by atoms with Crippen LogP contribution in [0.4, 0.5) is 4.39 Å². The lowest BCUT2D eigenvalue weighted by Crippen LogP contribution is -2.29. The van der Waals surface area contributed by atoms with Crippen molar-refractivity contribution in [3.8, 4) is 11.8 Å². The third-order valence-electron chi connectivity index (χ3n) is 2.21. The van der Waals surface area contributed by atoms with E-state index in [9.17, 15) is 21.2 Å². The fourth-order valence-electron chi connectivity index (χ4n) is 1.44. The highest BCUT2D eigenvalue weighted by Gasteiger charge is 2.18. The van der Waals surface area contributed by atoms with Crippen molar-refractivity contribution in [2.24, 2.45) is 0 Å². The molecule has 0 aliphatic carbocycles. The smallest absolute Gasteiger partial charge is 0.226 e. The van der Waals surface area contributed by atoms with E-state index in [1.165, 1.54) is 12.1 Å². The summed E-state index contributed by atoms with van der Waals surface area (Å²) in [5.41, 5.74) is 0.430. The molecular formula is C12H14FNO5S2. The standard InChI is InChI=1S/C12H14FNO5S2/c1-20(16,17)9-21(18,19)14-8-11-7-10(3-2-6-15)4-5-12(11)13/h4-5,7,14-15H,6,8-9H2,1H3. The van der Waals surface area contributed by atoms with Gasteiger partial charge in [-0.3, -0.25) is 0 Å². The maximum atomic E-state index is 13.6. The molecule has 0 saturated heterocycles. The number of benzene rings is 1. The summed E-state index contributed by atoms with van der Waals surface area (Å²) >= 11 is 0. The van der Waals surface area contributed by atoms with Crippen molar-refractivity contribution < 1.29 is 26.3 Å². The molecule has 0 fully saturated rings. The highest BCUT2D eigenvalue weighted by atomic mass is 32.3. The lowest BCUT2D eigenvalue weighted by molar-refractivity contribution is 0.350. The number of rotatable bonds is 5. The van der Waals surface area contributed by atoms with Gasteiger partial charge in [-0.2, -0.15) is 0 Å². The Kier molecular flexibility index (Phi) is 5.86. The Bertz CT molecular complexity index is 776. The van der Waals surface area contributed by atoms with E-state index in [4.69, 9.17) is 5.11 Å². The van der Waals surface area contributed by atoms with Crippen LogP contribution in [0.2, 0.25) is 0 Å². The van der Waals surface area contributed by atoms with Crippen LogP contribution in [0, 0.1) is 17.7 Å². The highest BCUT2D eigenvalue weighted by Crippen LogP contribution is 2.10. The first-order chi connectivity index (χ1) is 9.63. The van der Waals surface area contributed by atoms with Crippen molar-refractivity contribution >= 4 is 19.9 Å². The summed E-state index contributed by atoms with van der Waals surface area (Å²) in [5.74, 6) is 4.29. The van der Waals surface area contributed by atoms with Crippen LogP contribution in [0.25, 0.3) is 0 Å². The van der Waals surface area contributed by atoms with Crippen LogP contribution in [0.3, 0.4) is 0 Å². The molecule has 0 aromatic heterocycles. The van der Waals surface area contributed by atoms with E-state index >= 15 is 0 Å². The molecule has 0 bridgehead atoms. The number of aliphatic hydroxyl groups is 1. The van der Waals surface area contributed by atoms with Gasteiger partial charge in [-0.25, -0.2) is 25.9 Å². The minimum absolute atomic E-state index is 0.0248. The summed E-state index contributed by atoms with van der Waals surface area (Å²) in [6.45, 7) is -0.744. The zero-order chi connectivity index (χ0) is 16.1. The van der Waals surface area contributed by atoms with E-state index in [2.05, 4.69) is 11.8 Å². The zero-order valence-electron chi connectivity index (χ0n) is 11.1. The Morgan fingerprint density at radius 1 is 1.29 bits per heavy atom. The van der Waals surface area contributed by atoms with Crippen molar-refractivity contribution in [3.05, 3.63) is 35.1 Å². The van der Waals surface area contributed by atoms with E-state index in [-0.39, 0.29) is 12.2 Å². The summed E-state index contributed by atoms with van der Waals surface area (Å²) in [4.78, 5) is 0. The van der Waals surface area contributed by atoms with E-state index < -0.39 is 37.3 Å². The Morgan fingerprint density at radius 2 is 1.95 bits per heavy atom. The van der Waals surface area contributed by atoms with Crippen molar-refractivity contribution in [3.63, 3.8) is 0 Å². The molecule has 9 heteroatoms. The van der Waals surface area contributed by atoms with Gasteiger partial charge < -0.3 is 5.11 Å². The molecule has 0 atom stereocenters. The Labute approximate surface area is 123 Å². The molecule has 1 aromatic carbocycles. The fourth-order valence-corrected chi connectivity index (χ4v) is 4.40. The maximum absolute atomic E-state index is 13.6. The first-order valence-electron chi connectivity index (χ1n) is 5.66. The summed E-state index contributed by atoms with van der Waals surface area (Å²) in [6, 6.07) is 3.81. The molecule has 0 saturated carbocycles. The monoisotopic (exact) mass is 335 g/mol. The summed E-state index contributed by atoms with van der Waals surface area (Å²) in [7, 11) is -7.78. The van der Waals surface area contributed by atoms with Gasteiger partial charge >= 0.3 is 0 Å². The molecule has 0 amide bonds. The van der Waals surface area contributed by atoms with Crippen LogP contribution in [0.5, 0.6) is 0 Å². The molecule has 1 rings (SSSR count). The van der Waals surface area contributed by atoms with E-state index in [0.717, 1.165) is 12.3 Å². The second kappa shape index (κ2) is 7.00. The number of sulfone groups is 1. The second-order valence-electron chi connectivity index (χ2n) is 4.25. The van der Waals surface area contributed by atoms with Gasteiger partial charge in [0.1, 0.15) is 12.4 Å². The molecule has 2 N–H and O–H groups in total. The average molecular weight is 335 g/mol. The predicted octanol–water partition coefficient (Wildman–Crippen LogP) is -0.409. The predicted molar refractivity (Wildman–Crippen MR) is 75.8 cm³/mol. The first kappa shape index (κ1) is 17.6. The highest BCUT2D eigenvalue weighted by molar-refractivity contribution is 8.06. The quantitative estimate of drug-likeness (QED) is 0.713. The van der Waals surface area contributed by atoms with Crippen molar-refractivity contribution in [1.82, 2.24) is 4.72 Å². The first-order valence-corrected chi connectivity index (χ1v) is 9.37. The SMILES string of the molecule is CS(=O)(=O)CS(=O)(=O)NCc1cc(C#CCO)ccc1F. The minimum atomic E-state index is -4.06. The minimum Gasteiger partial charge on any atom is -0.384 e. The van der Waals surface area contributed by atoms with E-state index in [1.54, 1.807) is 0 Å². The summed E-state index contributed by atoms with van der Waals surface area (Å²) in [5, 5.41) is 7.51. The molecule has 0 heterocycles. The van der Waals surface area contributed by atoms with Crippen LogP contribution in [-0.2, 0) is 26.4 Å². The average Bonchev–Trinajstić information content (AvgIpc) is 2.33. The third kappa shape index (κ3) is 6.68. The number of aliphatic hydroxyl groups excluding tert-OH is 1. The Morgan fingerprint density at radius 3 is 2.52 bits per heavy atom. The van der Waals surface area contributed by atoms with Gasteiger partial charge in [-0.1, -0.05) is 11.8 Å². The molecule has 21 heavy (non-hydrogen) atoms. The molecular weight excluding hydrogens is 321 g/mol. The normalized spacial score (nSPS) is 11.8. The molecule has 116 valence electrons. The van der Waals surface area contributed by atoms with Crippen LogP contribution in [0.1, 0.15) is 11.1 Å². The second-order valence-corrected chi connectivity index (χ2v) is 8.56. The molecule has 0 spiro atoms. The van der Waals surface area contributed by atoms with Crippen LogP contribution in [0.15, 0.2) is 18.2 Å². The largest absolute Gasteiger partial charge is 0.384 e. The molecule has 0 unspecified atom stereocenters. The lowest BCUT2D eigenvalue weighted by atomic mass is 10.1. The number of hydrogen-bond acceptors (Lipinski definition) is 5. The van der Waals surface area contributed by atoms with Crippen molar-refractivity contribution in [2.45, 2.75) is 6.54 Å². The van der Waals surface area contributed by atoms with Gasteiger partial charge in [0.25, 0.3) is 0 Å². The van der Waals surface area contributed by atoms with E-state index in [1.807, 2.05) is 4.72 Å². The zero-order valence-corrected chi connectivity index (χ0v) is 12.8. The summed E-state index contributed by atoms with van der Waals surface area (Å²) in [6.07, 6.45) is 0.790. The van der Waals surface area contributed by atoms with Crippen LogP contribution >= 0.6 is 0 Å². The van der Waals surface area contributed by atoms with Crippen LogP contribution < -0.4 is 4.72 Å². The fraction of sp³-hybridized carbons (Fsp3) is 0.333. The lowest BCUT2D eigenvalue weighted by Gasteiger charge is -2.07. The number of halogens is 1. The maximum Gasteiger partial charge on any atom is 0.226 e. The number of nitrogens with one attached hydrogen (secondary N) is 1. The molecule has 6 nitrogen and oxygen atoms in total. The van der Waals surface area contributed by atoms with Gasteiger partial charge in [-0.15, -0.1) is 0 Å². The van der Waals surface area contributed by atoms with Crippen molar-refractivity contribution in [1.29, 1.82) is 0 Å². The topological polar surface area (TPSA) is 101 Å². The third-order valence-corrected chi connectivity index (χ3v) is 5.75. The summed E-state index contributed by atoms with van der Waals surface area (Å²) < 4.78 is 60.5. The molecule has 0 aliphatic rings. The van der Waals surface area contributed by atoms with Gasteiger partial charge in [-0.05, 0) is 18.2 Å². The van der Waals surface area contributed by atoms with Gasteiger partial charge in [0.05, 0.1) is 0 Å². The molecule has 0 aliphatic heterocycles. The molecule has 0 radical (unpaired) electrons. The Balaban J connectivity index is 2.89. The Hall–Kier alpha value is -1.47. The van der Waals surface area contributed by atoms with Crippen LogP contribution in [-0.4, -0.2) is 39.9 Å². The van der Waals surface area contributed by atoms with Gasteiger partial charge in [0.2, 0.25) is 10.0 Å². The molecule has 1 aromatic rings. The number of sulfonamides is 1. The van der Waals surface area contributed by atoms with Gasteiger partial charge in [0.15, 0.2) is 14.9 Å². The van der Waals surface area contributed by atoms with E-state index in [0.29, 0.717) is 5.56 Å². The van der Waals surface area contributed by atoms with Crippen molar-refractivity contribution in [2.75, 3.05) is 17.9 Å². The number of hydrogen-bond donors (Lipinski definition) is 2.